The Bertz CT molecular complexity index is 1150. The smallest absolute Gasteiger partial charge is 0.361 e. The fourth-order valence-corrected chi connectivity index (χ4v) is 7.36. The molecule has 2 unspecified atom stereocenters. The van der Waals surface area contributed by atoms with Gasteiger partial charge in [0.25, 0.3) is 0 Å². The van der Waals surface area contributed by atoms with Crippen molar-refractivity contribution in [2.24, 2.45) is 34.5 Å². The molecule has 0 aliphatic heterocycles. The Morgan fingerprint density at radius 2 is 1.97 bits per heavy atom. The Morgan fingerprint density at radius 1 is 1.29 bits per heavy atom. The van der Waals surface area contributed by atoms with E-state index in [1.165, 1.54) is 0 Å². The molecule has 5 rings (SSSR count). The van der Waals surface area contributed by atoms with Gasteiger partial charge in [-0.05, 0) is 61.5 Å². The molecule has 34 heavy (non-hydrogen) atoms. The number of nitrogens with zero attached hydrogens (tertiary/aromatic N) is 1. The Hall–Kier alpha value is -2.29. The van der Waals surface area contributed by atoms with Crippen LogP contribution in [-0.2, 0) is 9.53 Å². The van der Waals surface area contributed by atoms with E-state index in [4.69, 9.17) is 9.26 Å². The van der Waals surface area contributed by atoms with Crippen molar-refractivity contribution >= 4 is 11.8 Å². The maximum Gasteiger partial charge on any atom is 0.361 e. The van der Waals surface area contributed by atoms with Crippen LogP contribution in [0.5, 0.6) is 0 Å². The number of fused-ring (bicyclic) bond motifs is 3. The fourth-order valence-electron chi connectivity index (χ4n) is 7.36. The number of ether oxygens (including phenoxy) is 1. The average molecular weight is 472 g/mol. The van der Waals surface area contributed by atoms with Crippen LogP contribution in [0.25, 0.3) is 0 Å². The van der Waals surface area contributed by atoms with Crippen LogP contribution in [0, 0.1) is 48.3 Å². The molecule has 8 nitrogen and oxygen atoms in total. The van der Waals surface area contributed by atoms with Crippen LogP contribution in [0.15, 0.2) is 27.8 Å². The molecule has 1 aromatic rings. The molecule has 8 heteroatoms. The van der Waals surface area contributed by atoms with E-state index in [9.17, 15) is 24.9 Å². The summed E-state index contributed by atoms with van der Waals surface area (Å²) >= 11 is 0. The summed E-state index contributed by atoms with van der Waals surface area (Å²) in [5.74, 6) is -1.04. The van der Waals surface area contributed by atoms with Gasteiger partial charge in [-0.25, -0.2) is 4.79 Å². The first-order chi connectivity index (χ1) is 15.8. The minimum absolute atomic E-state index is 0.0167. The van der Waals surface area contributed by atoms with Crippen molar-refractivity contribution < 1.29 is 34.2 Å². The van der Waals surface area contributed by atoms with E-state index in [-0.39, 0.29) is 40.2 Å². The molecule has 184 valence electrons. The van der Waals surface area contributed by atoms with Crippen molar-refractivity contribution in [1.82, 2.24) is 5.16 Å². The number of aliphatic hydroxyl groups is 3. The number of esters is 1. The summed E-state index contributed by atoms with van der Waals surface area (Å²) in [5.41, 5.74) is -2.51. The first-order valence-electron chi connectivity index (χ1n) is 11.9. The number of hydrogen-bond donors (Lipinski definition) is 3. The molecule has 1 heterocycles. The van der Waals surface area contributed by atoms with Gasteiger partial charge in [0.1, 0.15) is 11.9 Å². The molecule has 3 N–H and O–H groups in total. The second kappa shape index (κ2) is 7.12. The topological polar surface area (TPSA) is 130 Å². The number of rotatable bonds is 3. The second-order valence-electron chi connectivity index (χ2n) is 11.4. The van der Waals surface area contributed by atoms with Gasteiger partial charge >= 0.3 is 5.97 Å². The van der Waals surface area contributed by atoms with Gasteiger partial charge in [-0.2, -0.15) is 0 Å². The summed E-state index contributed by atoms with van der Waals surface area (Å²) in [6, 6.07) is 0. The Kier molecular flexibility index (Phi) is 4.91. The molecule has 2 saturated carbocycles. The minimum Gasteiger partial charge on any atom is -0.450 e. The number of hydrogen-bond acceptors (Lipinski definition) is 8. The molecule has 0 amide bonds. The minimum atomic E-state index is -2.17. The first-order valence-corrected chi connectivity index (χ1v) is 11.9. The van der Waals surface area contributed by atoms with Crippen molar-refractivity contribution in [3.05, 3.63) is 40.3 Å². The quantitative estimate of drug-likeness (QED) is 0.452. The maximum absolute atomic E-state index is 14.3. The van der Waals surface area contributed by atoms with Gasteiger partial charge in [-0.1, -0.05) is 38.1 Å². The summed E-state index contributed by atoms with van der Waals surface area (Å²) in [6.45, 7) is 10.7. The highest BCUT2D eigenvalue weighted by Crippen LogP contribution is 2.71. The number of allylic oxidation sites excluding steroid dienone is 1. The van der Waals surface area contributed by atoms with E-state index in [0.29, 0.717) is 23.3 Å². The summed E-state index contributed by atoms with van der Waals surface area (Å²) in [6.07, 6.45) is 1.17. The van der Waals surface area contributed by atoms with Crippen molar-refractivity contribution in [2.45, 2.75) is 65.8 Å². The highest BCUT2D eigenvalue weighted by Gasteiger charge is 2.76. The SMILES string of the molecule is CC1=CC23C(=O)[C@@H](C=C(CO)[C@@H](O)[C@]2(O)[C@H]1OC(=O)c1noc(C)c1C)[C@H]1[C@@H](CC3C)C1(C)C. The lowest BCUT2D eigenvalue weighted by molar-refractivity contribution is -0.190. The van der Waals surface area contributed by atoms with Gasteiger partial charge in [-0.3, -0.25) is 4.79 Å². The first kappa shape index (κ1) is 23.5. The van der Waals surface area contributed by atoms with Gasteiger partial charge < -0.3 is 24.6 Å². The van der Waals surface area contributed by atoms with Crippen LogP contribution >= 0.6 is 0 Å². The molecule has 4 aliphatic carbocycles. The Balaban J connectivity index is 1.64. The molecule has 8 atom stereocenters. The Labute approximate surface area is 198 Å². The number of ketones is 1. The predicted octanol–water partition coefficient (Wildman–Crippen LogP) is 2.28. The highest BCUT2D eigenvalue weighted by molar-refractivity contribution is 5.96. The van der Waals surface area contributed by atoms with E-state index in [0.717, 1.165) is 0 Å². The third kappa shape index (κ3) is 2.62. The lowest BCUT2D eigenvalue weighted by Crippen LogP contribution is -2.65. The third-order valence-corrected chi connectivity index (χ3v) is 9.47. The molecule has 1 spiro atoms. The summed E-state index contributed by atoms with van der Waals surface area (Å²) < 4.78 is 10.9. The van der Waals surface area contributed by atoms with Crippen LogP contribution in [0.2, 0.25) is 0 Å². The molecule has 0 saturated heterocycles. The van der Waals surface area contributed by atoms with E-state index < -0.39 is 41.7 Å². The Morgan fingerprint density at radius 3 is 2.56 bits per heavy atom. The van der Waals surface area contributed by atoms with E-state index in [1.807, 2.05) is 6.92 Å². The van der Waals surface area contributed by atoms with Gasteiger partial charge in [-0.15, -0.1) is 0 Å². The normalized spacial score (nSPS) is 42.1. The molecular formula is C26H33NO7. The maximum atomic E-state index is 14.3. The predicted molar refractivity (Wildman–Crippen MR) is 121 cm³/mol. The van der Waals surface area contributed by atoms with Gasteiger partial charge in [0, 0.05) is 11.5 Å². The van der Waals surface area contributed by atoms with Gasteiger partial charge in [0.2, 0.25) is 0 Å². The molecule has 1 aromatic heterocycles. The lowest BCUT2D eigenvalue weighted by atomic mass is 9.59. The average Bonchev–Trinajstić information content (AvgIpc) is 3.06. The highest BCUT2D eigenvalue weighted by atomic mass is 16.6. The van der Waals surface area contributed by atoms with Crippen LogP contribution in [0.1, 0.15) is 55.9 Å². The fraction of sp³-hybridized carbons (Fsp3) is 0.654. The number of carbonyl (C=O) groups is 2. The van der Waals surface area contributed by atoms with Crippen LogP contribution in [-0.4, -0.2) is 56.6 Å². The number of Topliss-reactive ketones (excluding diaryl/α,β-unsaturated/α-hetero) is 1. The third-order valence-electron chi connectivity index (χ3n) is 9.47. The zero-order chi connectivity index (χ0) is 25.0. The zero-order valence-corrected chi connectivity index (χ0v) is 20.5. The van der Waals surface area contributed by atoms with Crippen LogP contribution < -0.4 is 0 Å². The molecule has 2 bridgehead atoms. The summed E-state index contributed by atoms with van der Waals surface area (Å²) in [4.78, 5) is 27.4. The van der Waals surface area contributed by atoms with Gasteiger partial charge in [0.15, 0.2) is 23.2 Å². The lowest BCUT2D eigenvalue weighted by Gasteiger charge is -2.48. The van der Waals surface area contributed by atoms with Crippen molar-refractivity contribution in [2.75, 3.05) is 6.61 Å². The van der Waals surface area contributed by atoms with Crippen molar-refractivity contribution in [3.63, 3.8) is 0 Å². The number of aryl methyl sites for hydroxylation is 1. The summed E-state index contributed by atoms with van der Waals surface area (Å²) in [5, 5.41) is 37.8. The van der Waals surface area contributed by atoms with Crippen molar-refractivity contribution in [1.29, 1.82) is 0 Å². The molecule has 2 fully saturated rings. The number of carbonyl (C=O) groups excluding carboxylic acids is 2. The number of aromatic nitrogens is 1. The molecule has 0 radical (unpaired) electrons. The van der Waals surface area contributed by atoms with Crippen LogP contribution in [0.3, 0.4) is 0 Å². The van der Waals surface area contributed by atoms with Crippen molar-refractivity contribution in [3.8, 4) is 0 Å². The zero-order valence-electron chi connectivity index (χ0n) is 20.5. The summed E-state index contributed by atoms with van der Waals surface area (Å²) in [7, 11) is 0. The van der Waals surface area contributed by atoms with E-state index in [2.05, 4.69) is 19.0 Å². The molecule has 4 aliphatic rings. The monoisotopic (exact) mass is 471 g/mol. The van der Waals surface area contributed by atoms with Gasteiger partial charge in [0.05, 0.1) is 12.0 Å². The van der Waals surface area contributed by atoms with E-state index >= 15 is 0 Å². The second-order valence-corrected chi connectivity index (χ2v) is 11.4. The standard InChI is InChI=1S/C26H33NO7/c1-11-9-25-12(2)7-17-18(24(17,5)6)16(21(25)30)8-15(10-28)20(29)26(25,32)22(11)33-23(31)19-13(3)14(4)34-27-19/h8-9,12,16-18,20,22,28-29,32H,7,10H2,1-6H3/t12?,16-,17+,18-,20+,22-,25?,26-/m0/s1. The number of aliphatic hydroxyl groups excluding tert-OH is 2. The molecular weight excluding hydrogens is 438 g/mol. The molecule has 0 aromatic carbocycles. The van der Waals surface area contributed by atoms with E-state index in [1.54, 1.807) is 32.9 Å². The van der Waals surface area contributed by atoms with Crippen LogP contribution in [0.4, 0.5) is 0 Å². The largest absolute Gasteiger partial charge is 0.450 e.